The molecule has 0 aliphatic heterocycles. The molecule has 15 heavy (non-hydrogen) atoms. The lowest BCUT2D eigenvalue weighted by Gasteiger charge is -2.27. The van der Waals surface area contributed by atoms with Gasteiger partial charge < -0.3 is 0 Å². The van der Waals surface area contributed by atoms with Crippen LogP contribution in [0.15, 0.2) is 0 Å². The van der Waals surface area contributed by atoms with E-state index in [4.69, 9.17) is 0 Å². The first-order valence-corrected chi connectivity index (χ1v) is 8.49. The van der Waals surface area contributed by atoms with Gasteiger partial charge in [0.15, 0.2) is 9.84 Å². The summed E-state index contributed by atoms with van der Waals surface area (Å²) < 4.78 is 24.3. The van der Waals surface area contributed by atoms with Gasteiger partial charge in [0, 0.05) is 5.33 Å². The Morgan fingerprint density at radius 3 is 2.20 bits per heavy atom. The van der Waals surface area contributed by atoms with Crippen LogP contribution in [0.25, 0.3) is 0 Å². The van der Waals surface area contributed by atoms with E-state index in [0.717, 1.165) is 31.0 Å². The van der Waals surface area contributed by atoms with Gasteiger partial charge in [0.05, 0.1) is 11.0 Å². The van der Waals surface area contributed by atoms with Crippen LogP contribution in [0.2, 0.25) is 0 Å². The predicted molar refractivity (Wildman–Crippen MR) is 68.2 cm³/mol. The Hall–Kier alpha value is 0.430. The van der Waals surface area contributed by atoms with Crippen LogP contribution < -0.4 is 0 Å². The van der Waals surface area contributed by atoms with E-state index in [0.29, 0.717) is 5.75 Å². The fraction of sp³-hybridized carbons (Fsp3) is 1.00. The molecule has 0 radical (unpaired) electrons. The van der Waals surface area contributed by atoms with Crippen LogP contribution in [0.5, 0.6) is 0 Å². The van der Waals surface area contributed by atoms with E-state index in [-0.39, 0.29) is 10.7 Å². The minimum atomic E-state index is -2.88. The number of sulfone groups is 1. The summed E-state index contributed by atoms with van der Waals surface area (Å²) in [5.41, 5.74) is -0.143. The van der Waals surface area contributed by atoms with Crippen molar-refractivity contribution in [2.45, 2.75) is 51.2 Å². The molecule has 0 heterocycles. The zero-order valence-corrected chi connectivity index (χ0v) is 12.0. The molecule has 90 valence electrons. The van der Waals surface area contributed by atoms with Gasteiger partial charge in [0.2, 0.25) is 0 Å². The van der Waals surface area contributed by atoms with Crippen molar-refractivity contribution in [2.75, 3.05) is 11.1 Å². The summed E-state index contributed by atoms with van der Waals surface area (Å²) in [5.74, 6) is 0.315. The topological polar surface area (TPSA) is 34.1 Å². The summed E-state index contributed by atoms with van der Waals surface area (Å²) >= 11 is 3.38. The predicted octanol–water partition coefficient (Wildman–Crippen LogP) is 3.16. The van der Waals surface area contributed by atoms with E-state index in [2.05, 4.69) is 15.9 Å². The first-order valence-electron chi connectivity index (χ1n) is 5.65. The molecule has 0 spiro atoms. The molecule has 1 aliphatic carbocycles. The van der Waals surface area contributed by atoms with Crippen LogP contribution in [0.3, 0.4) is 0 Å². The summed E-state index contributed by atoms with van der Waals surface area (Å²) in [4.78, 5) is 0. The zero-order valence-electron chi connectivity index (χ0n) is 9.63. The fourth-order valence-corrected chi connectivity index (χ4v) is 5.06. The van der Waals surface area contributed by atoms with Gasteiger partial charge in [0.25, 0.3) is 0 Å². The molecule has 0 N–H and O–H groups in total. The van der Waals surface area contributed by atoms with Gasteiger partial charge in [-0.25, -0.2) is 8.42 Å². The molecule has 0 bridgehead atoms. The molecule has 0 amide bonds. The van der Waals surface area contributed by atoms with Crippen molar-refractivity contribution in [3.8, 4) is 0 Å². The number of hydrogen-bond donors (Lipinski definition) is 0. The van der Waals surface area contributed by atoms with E-state index in [1.807, 2.05) is 13.8 Å². The third-order valence-corrected chi connectivity index (χ3v) is 7.20. The molecule has 4 heteroatoms. The zero-order chi connectivity index (χ0) is 11.5. The average Bonchev–Trinajstić information content (AvgIpc) is 2.18. The van der Waals surface area contributed by atoms with Crippen molar-refractivity contribution in [3.05, 3.63) is 0 Å². The Morgan fingerprint density at radius 1 is 1.20 bits per heavy atom. The molecule has 0 saturated heterocycles. The maximum atomic E-state index is 12.1. The van der Waals surface area contributed by atoms with Crippen LogP contribution in [-0.4, -0.2) is 24.8 Å². The van der Waals surface area contributed by atoms with Crippen molar-refractivity contribution in [2.24, 2.45) is 5.41 Å². The van der Waals surface area contributed by atoms with Crippen molar-refractivity contribution < 1.29 is 8.42 Å². The Balaban J connectivity index is 2.65. The van der Waals surface area contributed by atoms with Crippen molar-refractivity contribution in [1.29, 1.82) is 0 Å². The van der Waals surface area contributed by atoms with Gasteiger partial charge >= 0.3 is 0 Å². The summed E-state index contributed by atoms with van der Waals surface area (Å²) in [5, 5.41) is 0.677. The molecule has 0 aromatic heterocycles. The molecule has 1 fully saturated rings. The largest absolute Gasteiger partial charge is 0.229 e. The monoisotopic (exact) mass is 296 g/mol. The van der Waals surface area contributed by atoms with Crippen LogP contribution >= 0.6 is 15.9 Å². The third-order valence-electron chi connectivity index (χ3n) is 3.01. The lowest BCUT2D eigenvalue weighted by molar-refractivity contribution is 0.449. The number of rotatable bonds is 4. The standard InChI is InChI=1S/C11H21BrO2S/c1-11(2,8-12)9-15(13,14)10-6-4-3-5-7-10/h10H,3-9H2,1-2H3. The van der Waals surface area contributed by atoms with Crippen LogP contribution in [0, 0.1) is 5.41 Å². The highest BCUT2D eigenvalue weighted by molar-refractivity contribution is 9.09. The molecule has 1 aliphatic rings. The lowest BCUT2D eigenvalue weighted by atomic mass is 10.00. The van der Waals surface area contributed by atoms with Crippen molar-refractivity contribution >= 4 is 25.8 Å². The van der Waals surface area contributed by atoms with E-state index in [1.165, 1.54) is 6.42 Å². The summed E-state index contributed by atoms with van der Waals surface area (Å²) in [7, 11) is -2.88. The second-order valence-electron chi connectivity index (χ2n) is 5.37. The maximum Gasteiger partial charge on any atom is 0.153 e. The highest BCUT2D eigenvalue weighted by Crippen LogP contribution is 2.29. The van der Waals surface area contributed by atoms with Gasteiger partial charge in [-0.15, -0.1) is 0 Å². The lowest BCUT2D eigenvalue weighted by Crippen LogP contribution is -2.33. The van der Waals surface area contributed by atoms with Gasteiger partial charge in [-0.3, -0.25) is 0 Å². The number of alkyl halides is 1. The van der Waals surface area contributed by atoms with E-state index >= 15 is 0 Å². The highest BCUT2D eigenvalue weighted by atomic mass is 79.9. The van der Waals surface area contributed by atoms with E-state index in [9.17, 15) is 8.42 Å². The van der Waals surface area contributed by atoms with E-state index < -0.39 is 9.84 Å². The third kappa shape index (κ3) is 4.06. The minimum absolute atomic E-state index is 0.0652. The molecular weight excluding hydrogens is 276 g/mol. The molecule has 0 aromatic rings. The number of hydrogen-bond acceptors (Lipinski definition) is 2. The van der Waals surface area contributed by atoms with Gasteiger partial charge in [-0.2, -0.15) is 0 Å². The Labute approximate surface area is 102 Å². The molecule has 0 aromatic carbocycles. The fourth-order valence-electron chi connectivity index (χ4n) is 2.13. The van der Waals surface area contributed by atoms with Gasteiger partial charge in [0.1, 0.15) is 0 Å². The normalized spacial score (nSPS) is 20.5. The quantitative estimate of drug-likeness (QED) is 0.747. The van der Waals surface area contributed by atoms with Crippen LogP contribution in [0.4, 0.5) is 0 Å². The SMILES string of the molecule is CC(C)(CBr)CS(=O)(=O)C1CCCCC1. The molecule has 0 unspecified atom stereocenters. The first-order chi connectivity index (χ1) is 6.87. The van der Waals surface area contributed by atoms with Crippen molar-refractivity contribution in [3.63, 3.8) is 0 Å². The molecule has 2 nitrogen and oxygen atoms in total. The molecular formula is C11H21BrO2S. The smallest absolute Gasteiger partial charge is 0.153 e. The second kappa shape index (κ2) is 5.17. The van der Waals surface area contributed by atoms with Crippen LogP contribution in [-0.2, 0) is 9.84 Å². The summed E-state index contributed by atoms with van der Waals surface area (Å²) in [6.07, 6.45) is 5.12. The average molecular weight is 297 g/mol. The Morgan fingerprint density at radius 2 is 1.73 bits per heavy atom. The Bertz CT molecular complexity index is 290. The van der Waals surface area contributed by atoms with Gasteiger partial charge in [-0.05, 0) is 18.3 Å². The summed E-state index contributed by atoms with van der Waals surface area (Å²) in [6, 6.07) is 0. The molecule has 0 atom stereocenters. The van der Waals surface area contributed by atoms with Crippen molar-refractivity contribution in [1.82, 2.24) is 0 Å². The highest BCUT2D eigenvalue weighted by Gasteiger charge is 2.32. The minimum Gasteiger partial charge on any atom is -0.229 e. The molecule has 1 saturated carbocycles. The maximum absolute atomic E-state index is 12.1. The van der Waals surface area contributed by atoms with Crippen LogP contribution in [0.1, 0.15) is 46.0 Å². The summed E-state index contributed by atoms with van der Waals surface area (Å²) in [6.45, 7) is 4.00. The van der Waals surface area contributed by atoms with E-state index in [1.54, 1.807) is 0 Å². The molecule has 1 rings (SSSR count). The number of halogens is 1. The van der Waals surface area contributed by atoms with Gasteiger partial charge in [-0.1, -0.05) is 49.0 Å². The second-order valence-corrected chi connectivity index (χ2v) is 8.21. The Kier molecular flexibility index (Phi) is 4.65. The first kappa shape index (κ1) is 13.5.